The maximum absolute atomic E-state index is 14.0. The topological polar surface area (TPSA) is 30.5 Å². The number of rotatable bonds is 7. The van der Waals surface area contributed by atoms with Crippen LogP contribution in [-0.2, 0) is 11.3 Å². The van der Waals surface area contributed by atoms with Crippen LogP contribution in [0.3, 0.4) is 0 Å². The minimum atomic E-state index is -0.285. The molecule has 3 nitrogen and oxygen atoms in total. The summed E-state index contributed by atoms with van der Waals surface area (Å²) in [6.45, 7) is 1.62. The van der Waals surface area contributed by atoms with Crippen LogP contribution in [0.2, 0.25) is 0 Å². The quantitative estimate of drug-likeness (QED) is 0.759. The first-order chi connectivity index (χ1) is 10.2. The molecule has 0 unspecified atom stereocenters. The van der Waals surface area contributed by atoms with Gasteiger partial charge in [-0.3, -0.25) is 0 Å². The molecular weight excluding hydrogens is 337 g/mol. The molecule has 0 aromatic heterocycles. The van der Waals surface area contributed by atoms with E-state index in [0.717, 1.165) is 4.47 Å². The van der Waals surface area contributed by atoms with Crippen LogP contribution in [0, 0.1) is 5.82 Å². The Kier molecular flexibility index (Phi) is 6.17. The summed E-state index contributed by atoms with van der Waals surface area (Å²) < 4.78 is 25.6. The third-order valence-corrected chi connectivity index (χ3v) is 3.38. The van der Waals surface area contributed by atoms with Crippen LogP contribution in [0.1, 0.15) is 5.56 Å². The Hall–Kier alpha value is -1.43. The normalized spacial score (nSPS) is 10.6. The highest BCUT2D eigenvalue weighted by Crippen LogP contribution is 2.28. The van der Waals surface area contributed by atoms with Gasteiger partial charge in [-0.25, -0.2) is 4.39 Å². The van der Waals surface area contributed by atoms with Crippen molar-refractivity contribution < 1.29 is 13.9 Å². The van der Waals surface area contributed by atoms with E-state index in [-0.39, 0.29) is 5.82 Å². The molecule has 0 fully saturated rings. The van der Waals surface area contributed by atoms with E-state index in [1.807, 2.05) is 24.3 Å². The number of ether oxygens (including phenoxy) is 2. The zero-order valence-electron chi connectivity index (χ0n) is 11.7. The molecule has 0 atom stereocenters. The average molecular weight is 354 g/mol. The van der Waals surface area contributed by atoms with Crippen molar-refractivity contribution in [3.8, 4) is 11.5 Å². The van der Waals surface area contributed by atoms with E-state index in [1.54, 1.807) is 19.2 Å². The summed E-state index contributed by atoms with van der Waals surface area (Å²) in [5.74, 6) is 0.888. The molecular formula is C16H17BrFNO2. The summed E-state index contributed by atoms with van der Waals surface area (Å²) in [5.41, 5.74) is 0.508. The maximum atomic E-state index is 14.0. The minimum Gasteiger partial charge on any atom is -0.457 e. The van der Waals surface area contributed by atoms with Gasteiger partial charge in [0.25, 0.3) is 0 Å². The highest BCUT2D eigenvalue weighted by atomic mass is 79.9. The average Bonchev–Trinajstić information content (AvgIpc) is 2.46. The third kappa shape index (κ3) is 4.81. The van der Waals surface area contributed by atoms with Gasteiger partial charge in [0.05, 0.1) is 6.61 Å². The Morgan fingerprint density at radius 2 is 2.00 bits per heavy atom. The predicted molar refractivity (Wildman–Crippen MR) is 84.2 cm³/mol. The molecule has 0 saturated carbocycles. The van der Waals surface area contributed by atoms with Crippen molar-refractivity contribution in [1.29, 1.82) is 0 Å². The third-order valence-electron chi connectivity index (χ3n) is 2.88. The molecule has 2 aromatic carbocycles. The van der Waals surface area contributed by atoms with Gasteiger partial charge in [0, 0.05) is 30.2 Å². The number of hydrogen-bond donors (Lipinski definition) is 1. The summed E-state index contributed by atoms with van der Waals surface area (Å²) in [5, 5.41) is 3.13. The molecule has 0 aliphatic rings. The number of hydrogen-bond acceptors (Lipinski definition) is 3. The summed E-state index contributed by atoms with van der Waals surface area (Å²) in [7, 11) is 1.63. The molecule has 0 radical (unpaired) electrons. The lowest BCUT2D eigenvalue weighted by Gasteiger charge is -2.13. The Morgan fingerprint density at radius 1 is 1.19 bits per heavy atom. The van der Waals surface area contributed by atoms with Gasteiger partial charge in [-0.05, 0) is 30.3 Å². The van der Waals surface area contributed by atoms with Crippen LogP contribution in [0.4, 0.5) is 4.39 Å². The lowest BCUT2D eigenvalue weighted by atomic mass is 10.2. The van der Waals surface area contributed by atoms with E-state index < -0.39 is 0 Å². The lowest BCUT2D eigenvalue weighted by Crippen LogP contribution is -2.19. The fourth-order valence-electron chi connectivity index (χ4n) is 1.85. The lowest BCUT2D eigenvalue weighted by molar-refractivity contribution is 0.199. The molecule has 0 aliphatic carbocycles. The van der Waals surface area contributed by atoms with E-state index in [0.29, 0.717) is 36.8 Å². The molecule has 0 spiro atoms. The number of methoxy groups -OCH3 is 1. The minimum absolute atomic E-state index is 0.285. The highest BCUT2D eigenvalue weighted by molar-refractivity contribution is 9.10. The predicted octanol–water partition coefficient (Wildman–Crippen LogP) is 4.12. The molecule has 5 heteroatoms. The molecule has 0 aliphatic heterocycles. The van der Waals surface area contributed by atoms with Gasteiger partial charge in [0.1, 0.15) is 17.3 Å². The van der Waals surface area contributed by atoms with Crippen LogP contribution < -0.4 is 10.1 Å². The Balaban J connectivity index is 2.13. The first-order valence-corrected chi connectivity index (χ1v) is 7.40. The van der Waals surface area contributed by atoms with Crippen LogP contribution in [0.15, 0.2) is 46.9 Å². The largest absolute Gasteiger partial charge is 0.457 e. The van der Waals surface area contributed by atoms with Gasteiger partial charge in [-0.2, -0.15) is 0 Å². The fourth-order valence-corrected chi connectivity index (χ4v) is 2.23. The monoisotopic (exact) mass is 353 g/mol. The summed E-state index contributed by atoms with van der Waals surface area (Å²) in [6, 6.07) is 12.3. The Bertz CT molecular complexity index is 592. The van der Waals surface area contributed by atoms with E-state index in [4.69, 9.17) is 9.47 Å². The maximum Gasteiger partial charge on any atom is 0.134 e. The van der Waals surface area contributed by atoms with Crippen molar-refractivity contribution in [2.45, 2.75) is 6.54 Å². The summed E-state index contributed by atoms with van der Waals surface area (Å²) in [4.78, 5) is 0. The van der Waals surface area contributed by atoms with Gasteiger partial charge < -0.3 is 14.8 Å². The molecule has 0 amide bonds. The van der Waals surface area contributed by atoms with Crippen LogP contribution in [-0.4, -0.2) is 20.3 Å². The number of halogens is 2. The van der Waals surface area contributed by atoms with Crippen molar-refractivity contribution in [3.63, 3.8) is 0 Å². The Labute approximate surface area is 132 Å². The molecule has 1 N–H and O–H groups in total. The van der Waals surface area contributed by atoms with Crippen molar-refractivity contribution >= 4 is 15.9 Å². The van der Waals surface area contributed by atoms with E-state index in [9.17, 15) is 4.39 Å². The van der Waals surface area contributed by atoms with Crippen molar-refractivity contribution in [2.75, 3.05) is 20.3 Å². The summed E-state index contributed by atoms with van der Waals surface area (Å²) >= 11 is 3.39. The number of nitrogens with one attached hydrogen (secondary N) is 1. The molecule has 2 rings (SSSR count). The molecule has 0 heterocycles. The second-order valence-electron chi connectivity index (χ2n) is 4.45. The van der Waals surface area contributed by atoms with Crippen molar-refractivity contribution in [2.24, 2.45) is 0 Å². The van der Waals surface area contributed by atoms with Crippen molar-refractivity contribution in [3.05, 3.63) is 58.3 Å². The SMILES string of the molecule is COCCNCc1c(F)cccc1Oc1cccc(Br)c1. The zero-order chi connectivity index (χ0) is 15.1. The van der Waals surface area contributed by atoms with E-state index in [1.165, 1.54) is 6.07 Å². The molecule has 21 heavy (non-hydrogen) atoms. The van der Waals surface area contributed by atoms with Gasteiger partial charge in [-0.1, -0.05) is 28.1 Å². The van der Waals surface area contributed by atoms with Crippen LogP contribution >= 0.6 is 15.9 Å². The van der Waals surface area contributed by atoms with Crippen LogP contribution in [0.25, 0.3) is 0 Å². The first-order valence-electron chi connectivity index (χ1n) is 6.61. The molecule has 112 valence electrons. The molecule has 2 aromatic rings. The molecule has 0 bridgehead atoms. The van der Waals surface area contributed by atoms with Crippen LogP contribution in [0.5, 0.6) is 11.5 Å². The standard InChI is InChI=1S/C16H17BrFNO2/c1-20-9-8-19-11-14-15(18)6-3-7-16(14)21-13-5-2-4-12(17)10-13/h2-7,10,19H,8-9,11H2,1H3. The Morgan fingerprint density at radius 3 is 2.76 bits per heavy atom. The van der Waals surface area contributed by atoms with Crippen molar-refractivity contribution in [1.82, 2.24) is 5.32 Å². The zero-order valence-corrected chi connectivity index (χ0v) is 13.3. The highest BCUT2D eigenvalue weighted by Gasteiger charge is 2.10. The van der Waals surface area contributed by atoms with Gasteiger partial charge in [0.15, 0.2) is 0 Å². The smallest absolute Gasteiger partial charge is 0.134 e. The van der Waals surface area contributed by atoms with Gasteiger partial charge in [0.2, 0.25) is 0 Å². The van der Waals surface area contributed by atoms with E-state index >= 15 is 0 Å². The second-order valence-corrected chi connectivity index (χ2v) is 5.36. The molecule has 0 saturated heterocycles. The second kappa shape index (κ2) is 8.12. The fraction of sp³-hybridized carbons (Fsp3) is 0.250. The van der Waals surface area contributed by atoms with Gasteiger partial charge >= 0.3 is 0 Å². The van der Waals surface area contributed by atoms with E-state index in [2.05, 4.69) is 21.2 Å². The number of benzene rings is 2. The summed E-state index contributed by atoms with van der Waals surface area (Å²) in [6.07, 6.45) is 0. The first kappa shape index (κ1) is 15.9. The van der Waals surface area contributed by atoms with Gasteiger partial charge in [-0.15, -0.1) is 0 Å².